The highest BCUT2D eigenvalue weighted by molar-refractivity contribution is 6.31. The van der Waals surface area contributed by atoms with Crippen molar-refractivity contribution in [2.24, 2.45) is 5.92 Å². The maximum atomic E-state index is 6.23. The van der Waals surface area contributed by atoms with Gasteiger partial charge >= 0.3 is 0 Å². The predicted octanol–water partition coefficient (Wildman–Crippen LogP) is 3.86. The van der Waals surface area contributed by atoms with E-state index >= 15 is 0 Å². The number of anilines is 1. The molecular formula is C16H26ClN3. The first-order valence-electron chi connectivity index (χ1n) is 7.66. The van der Waals surface area contributed by atoms with E-state index in [1.165, 1.54) is 25.7 Å². The SMILES string of the molecule is CC(C)NCc1nc(N(C)CC2CCCC2)ccc1Cl. The van der Waals surface area contributed by atoms with Gasteiger partial charge < -0.3 is 10.2 Å². The molecule has 20 heavy (non-hydrogen) atoms. The Balaban J connectivity index is 2.01. The highest BCUT2D eigenvalue weighted by Gasteiger charge is 2.18. The number of hydrogen-bond acceptors (Lipinski definition) is 3. The van der Waals surface area contributed by atoms with Crippen LogP contribution in [-0.4, -0.2) is 24.6 Å². The first-order valence-corrected chi connectivity index (χ1v) is 8.04. The van der Waals surface area contributed by atoms with Crippen molar-refractivity contribution >= 4 is 17.4 Å². The zero-order chi connectivity index (χ0) is 14.5. The second kappa shape index (κ2) is 7.28. The Morgan fingerprint density at radius 3 is 2.70 bits per heavy atom. The molecule has 2 rings (SSSR count). The van der Waals surface area contributed by atoms with Crippen LogP contribution < -0.4 is 10.2 Å². The zero-order valence-corrected chi connectivity index (χ0v) is 13.6. The smallest absolute Gasteiger partial charge is 0.128 e. The molecule has 112 valence electrons. The standard InChI is InChI=1S/C16H26ClN3/c1-12(2)18-10-15-14(17)8-9-16(19-15)20(3)11-13-6-4-5-7-13/h8-9,12-13,18H,4-7,10-11H2,1-3H3. The molecule has 1 aromatic heterocycles. The molecule has 0 unspecified atom stereocenters. The minimum Gasteiger partial charge on any atom is -0.359 e. The third kappa shape index (κ3) is 4.35. The number of nitrogens with one attached hydrogen (secondary N) is 1. The molecule has 1 fully saturated rings. The highest BCUT2D eigenvalue weighted by atomic mass is 35.5. The van der Waals surface area contributed by atoms with E-state index in [0.29, 0.717) is 6.04 Å². The molecule has 0 radical (unpaired) electrons. The second-order valence-corrected chi connectivity index (χ2v) is 6.57. The molecule has 0 bridgehead atoms. The molecule has 0 aliphatic heterocycles. The number of rotatable bonds is 6. The summed E-state index contributed by atoms with van der Waals surface area (Å²) < 4.78 is 0. The van der Waals surface area contributed by atoms with Gasteiger partial charge in [0.25, 0.3) is 0 Å². The third-order valence-corrected chi connectivity index (χ3v) is 4.32. The van der Waals surface area contributed by atoms with Crippen molar-refractivity contribution in [3.05, 3.63) is 22.8 Å². The summed E-state index contributed by atoms with van der Waals surface area (Å²) in [6, 6.07) is 4.43. The fraction of sp³-hybridized carbons (Fsp3) is 0.688. The Morgan fingerprint density at radius 1 is 1.35 bits per heavy atom. The van der Waals surface area contributed by atoms with E-state index in [1.807, 2.05) is 12.1 Å². The number of nitrogens with zero attached hydrogens (tertiary/aromatic N) is 2. The lowest BCUT2D eigenvalue weighted by Crippen LogP contribution is -2.26. The topological polar surface area (TPSA) is 28.2 Å². The lowest BCUT2D eigenvalue weighted by Gasteiger charge is -2.23. The van der Waals surface area contributed by atoms with E-state index in [1.54, 1.807) is 0 Å². The summed E-state index contributed by atoms with van der Waals surface area (Å²) in [5.41, 5.74) is 0.941. The summed E-state index contributed by atoms with van der Waals surface area (Å²) >= 11 is 6.23. The van der Waals surface area contributed by atoms with Gasteiger partial charge in [0.2, 0.25) is 0 Å². The minimum absolute atomic E-state index is 0.438. The summed E-state index contributed by atoms with van der Waals surface area (Å²) in [5, 5.41) is 4.12. The van der Waals surface area contributed by atoms with Crippen molar-refractivity contribution in [1.82, 2.24) is 10.3 Å². The van der Waals surface area contributed by atoms with E-state index in [-0.39, 0.29) is 0 Å². The monoisotopic (exact) mass is 295 g/mol. The van der Waals surface area contributed by atoms with E-state index < -0.39 is 0 Å². The third-order valence-electron chi connectivity index (χ3n) is 3.98. The maximum Gasteiger partial charge on any atom is 0.128 e. The summed E-state index contributed by atoms with van der Waals surface area (Å²) in [7, 11) is 2.13. The molecule has 0 saturated heterocycles. The van der Waals surface area contributed by atoms with Gasteiger partial charge in [-0.3, -0.25) is 0 Å². The van der Waals surface area contributed by atoms with Gasteiger partial charge in [-0.25, -0.2) is 4.98 Å². The maximum absolute atomic E-state index is 6.23. The van der Waals surface area contributed by atoms with Crippen molar-refractivity contribution in [3.8, 4) is 0 Å². The van der Waals surface area contributed by atoms with Crippen LogP contribution in [-0.2, 0) is 6.54 Å². The summed E-state index contributed by atoms with van der Waals surface area (Å²) in [5.74, 6) is 1.86. The molecule has 1 aliphatic carbocycles. The van der Waals surface area contributed by atoms with Gasteiger partial charge in [-0.2, -0.15) is 0 Å². The normalized spacial score (nSPS) is 16.1. The Bertz CT molecular complexity index is 428. The average Bonchev–Trinajstić information content (AvgIpc) is 2.90. The van der Waals surface area contributed by atoms with E-state index in [9.17, 15) is 0 Å². The van der Waals surface area contributed by atoms with Crippen LogP contribution in [0, 0.1) is 5.92 Å². The van der Waals surface area contributed by atoms with Gasteiger partial charge in [-0.05, 0) is 30.9 Å². The van der Waals surface area contributed by atoms with Crippen LogP contribution in [0.4, 0.5) is 5.82 Å². The summed E-state index contributed by atoms with van der Waals surface area (Å²) in [6.07, 6.45) is 5.49. The van der Waals surface area contributed by atoms with Crippen LogP contribution in [0.2, 0.25) is 5.02 Å². The molecule has 1 aliphatic rings. The molecule has 0 aromatic carbocycles. The molecule has 1 aromatic rings. The molecule has 1 N–H and O–H groups in total. The largest absolute Gasteiger partial charge is 0.359 e. The van der Waals surface area contributed by atoms with Crippen molar-refractivity contribution in [1.29, 1.82) is 0 Å². The van der Waals surface area contributed by atoms with Gasteiger partial charge in [0, 0.05) is 26.2 Å². The van der Waals surface area contributed by atoms with Crippen LogP contribution in [0.1, 0.15) is 45.2 Å². The number of halogens is 1. The van der Waals surface area contributed by atoms with Gasteiger partial charge in [-0.15, -0.1) is 0 Å². The van der Waals surface area contributed by atoms with Crippen LogP contribution in [0.15, 0.2) is 12.1 Å². The van der Waals surface area contributed by atoms with Crippen molar-refractivity contribution in [2.75, 3.05) is 18.5 Å². The zero-order valence-electron chi connectivity index (χ0n) is 12.8. The van der Waals surface area contributed by atoms with Crippen LogP contribution in [0.3, 0.4) is 0 Å². The fourth-order valence-corrected chi connectivity index (χ4v) is 2.96. The van der Waals surface area contributed by atoms with Gasteiger partial charge in [-0.1, -0.05) is 38.3 Å². The number of aromatic nitrogens is 1. The summed E-state index contributed by atoms with van der Waals surface area (Å²) in [4.78, 5) is 6.99. The van der Waals surface area contributed by atoms with E-state index in [0.717, 1.165) is 35.5 Å². The Morgan fingerprint density at radius 2 is 2.05 bits per heavy atom. The lowest BCUT2D eigenvalue weighted by molar-refractivity contribution is 0.543. The number of hydrogen-bond donors (Lipinski definition) is 1. The van der Waals surface area contributed by atoms with Crippen molar-refractivity contribution in [2.45, 2.75) is 52.1 Å². The first kappa shape index (κ1) is 15.6. The van der Waals surface area contributed by atoms with Gasteiger partial charge in [0.15, 0.2) is 0 Å². The number of pyridine rings is 1. The Labute approximate surface area is 127 Å². The lowest BCUT2D eigenvalue weighted by atomic mass is 10.1. The van der Waals surface area contributed by atoms with Crippen molar-refractivity contribution < 1.29 is 0 Å². The minimum atomic E-state index is 0.438. The molecule has 1 heterocycles. The van der Waals surface area contributed by atoms with Crippen molar-refractivity contribution in [3.63, 3.8) is 0 Å². The molecular weight excluding hydrogens is 270 g/mol. The predicted molar refractivity (Wildman–Crippen MR) is 86.5 cm³/mol. The van der Waals surface area contributed by atoms with Crippen LogP contribution in [0.5, 0.6) is 0 Å². The van der Waals surface area contributed by atoms with E-state index in [2.05, 4.69) is 31.1 Å². The van der Waals surface area contributed by atoms with Crippen LogP contribution in [0.25, 0.3) is 0 Å². The molecule has 0 atom stereocenters. The molecule has 0 spiro atoms. The summed E-state index contributed by atoms with van der Waals surface area (Å²) in [6.45, 7) is 6.08. The molecule has 1 saturated carbocycles. The quantitative estimate of drug-likeness (QED) is 0.864. The van der Waals surface area contributed by atoms with Gasteiger partial charge in [0.1, 0.15) is 5.82 Å². The average molecular weight is 296 g/mol. The van der Waals surface area contributed by atoms with E-state index in [4.69, 9.17) is 16.6 Å². The molecule has 3 nitrogen and oxygen atoms in total. The first-order chi connectivity index (χ1) is 9.56. The Kier molecular flexibility index (Phi) is 5.67. The Hall–Kier alpha value is -0.800. The van der Waals surface area contributed by atoms with Gasteiger partial charge in [0.05, 0.1) is 10.7 Å². The highest BCUT2D eigenvalue weighted by Crippen LogP contribution is 2.27. The second-order valence-electron chi connectivity index (χ2n) is 6.16. The van der Waals surface area contributed by atoms with Crippen LogP contribution >= 0.6 is 11.6 Å². The molecule has 0 amide bonds. The molecule has 4 heteroatoms. The fourth-order valence-electron chi connectivity index (χ4n) is 2.78.